The summed E-state index contributed by atoms with van der Waals surface area (Å²) in [5.74, 6) is -0.0209. The predicted octanol–water partition coefficient (Wildman–Crippen LogP) is 2.01. The number of benzene rings is 1. The predicted molar refractivity (Wildman–Crippen MR) is 128 cm³/mol. The number of hydrogen-bond acceptors (Lipinski definition) is 7. The van der Waals surface area contributed by atoms with E-state index < -0.39 is 6.10 Å². The molecular formula is C26H35N3O5. The normalized spacial score (nSPS) is 25.7. The number of carbonyl (C=O) groups excluding carboxylic acids is 1. The van der Waals surface area contributed by atoms with Crippen molar-refractivity contribution in [1.82, 2.24) is 15.2 Å². The summed E-state index contributed by atoms with van der Waals surface area (Å²) in [6, 6.07) is 12.6. The highest BCUT2D eigenvalue weighted by Gasteiger charge is 2.38. The number of aromatic nitrogens is 1. The molecule has 4 atom stereocenters. The Morgan fingerprint density at radius 3 is 2.88 bits per heavy atom. The first-order valence-electron chi connectivity index (χ1n) is 12.0. The van der Waals surface area contributed by atoms with Gasteiger partial charge >= 0.3 is 0 Å². The van der Waals surface area contributed by atoms with Gasteiger partial charge in [-0.05, 0) is 47.7 Å². The molecular weight excluding hydrogens is 434 g/mol. The molecule has 0 radical (unpaired) electrons. The van der Waals surface area contributed by atoms with Gasteiger partial charge in [0.2, 0.25) is 5.91 Å². The third-order valence-corrected chi connectivity index (χ3v) is 6.46. The number of nitrogens with one attached hydrogen (secondary N) is 1. The monoisotopic (exact) mass is 469 g/mol. The highest BCUT2D eigenvalue weighted by atomic mass is 16.5. The van der Waals surface area contributed by atoms with Crippen molar-refractivity contribution in [3.8, 4) is 11.1 Å². The molecule has 1 aromatic heterocycles. The Bertz CT molecular complexity index is 912. The zero-order valence-electron chi connectivity index (χ0n) is 19.8. The van der Waals surface area contributed by atoms with Crippen LogP contribution in [0, 0.1) is 0 Å². The van der Waals surface area contributed by atoms with E-state index in [1.54, 1.807) is 19.5 Å². The van der Waals surface area contributed by atoms with E-state index >= 15 is 0 Å². The first-order valence-corrected chi connectivity index (χ1v) is 12.0. The Morgan fingerprint density at radius 1 is 1.21 bits per heavy atom. The molecule has 3 heterocycles. The average Bonchev–Trinajstić information content (AvgIpc) is 2.84. The standard InChI is InChI=1S/C26H35N3O5/c1-32-12-11-28-26(31)14-23-5-6-24-25(34-23)18-33-17-22(30)16-29(24)15-19-3-2-4-21(13-19)20-7-9-27-10-8-20/h2-4,7-10,13,22-25,30H,5-6,11-12,14-18H2,1H3,(H,28,31)/t22-,23+,24-,25+/m0/s1. The molecule has 4 rings (SSSR count). The van der Waals surface area contributed by atoms with Gasteiger partial charge in [-0.25, -0.2) is 0 Å². The summed E-state index contributed by atoms with van der Waals surface area (Å²) in [7, 11) is 1.61. The lowest BCUT2D eigenvalue weighted by Crippen LogP contribution is -2.55. The van der Waals surface area contributed by atoms with Crippen molar-refractivity contribution in [2.45, 2.75) is 50.2 Å². The fourth-order valence-corrected chi connectivity index (χ4v) is 4.83. The minimum absolute atomic E-state index is 0.0209. The van der Waals surface area contributed by atoms with Crippen molar-refractivity contribution in [2.24, 2.45) is 0 Å². The Morgan fingerprint density at radius 2 is 2.06 bits per heavy atom. The van der Waals surface area contributed by atoms with Crippen LogP contribution in [0.1, 0.15) is 24.8 Å². The number of aliphatic hydroxyl groups is 1. The van der Waals surface area contributed by atoms with Gasteiger partial charge in [0, 0.05) is 45.2 Å². The van der Waals surface area contributed by atoms with E-state index in [4.69, 9.17) is 14.2 Å². The van der Waals surface area contributed by atoms with E-state index in [1.165, 1.54) is 5.56 Å². The second-order valence-corrected chi connectivity index (χ2v) is 9.05. The van der Waals surface area contributed by atoms with E-state index in [0.717, 1.165) is 24.0 Å². The number of aliphatic hydroxyl groups excluding tert-OH is 1. The van der Waals surface area contributed by atoms with Crippen LogP contribution in [0.4, 0.5) is 0 Å². The number of fused-ring (bicyclic) bond motifs is 1. The molecule has 0 aliphatic carbocycles. The highest BCUT2D eigenvalue weighted by molar-refractivity contribution is 5.76. The minimum Gasteiger partial charge on any atom is -0.389 e. The maximum absolute atomic E-state index is 12.2. The van der Waals surface area contributed by atoms with Gasteiger partial charge in [-0.3, -0.25) is 14.7 Å². The third-order valence-electron chi connectivity index (χ3n) is 6.46. The van der Waals surface area contributed by atoms with Crippen molar-refractivity contribution in [2.75, 3.05) is 40.0 Å². The molecule has 0 bridgehead atoms. The van der Waals surface area contributed by atoms with Crippen LogP contribution < -0.4 is 5.32 Å². The van der Waals surface area contributed by atoms with Crippen LogP contribution >= 0.6 is 0 Å². The summed E-state index contributed by atoms with van der Waals surface area (Å²) in [6.45, 7) is 2.92. The Kier molecular flexibility index (Phi) is 9.01. The van der Waals surface area contributed by atoms with Crippen molar-refractivity contribution < 1.29 is 24.1 Å². The minimum atomic E-state index is -0.548. The number of carbonyl (C=O) groups is 1. The molecule has 2 saturated heterocycles. The lowest BCUT2D eigenvalue weighted by atomic mass is 9.94. The molecule has 0 unspecified atom stereocenters. The maximum atomic E-state index is 12.2. The molecule has 8 nitrogen and oxygen atoms in total. The summed E-state index contributed by atoms with van der Waals surface area (Å²) >= 11 is 0. The quantitative estimate of drug-likeness (QED) is 0.572. The van der Waals surface area contributed by atoms with Gasteiger partial charge in [0.15, 0.2) is 0 Å². The van der Waals surface area contributed by atoms with Crippen molar-refractivity contribution >= 4 is 5.91 Å². The molecule has 34 heavy (non-hydrogen) atoms. The van der Waals surface area contributed by atoms with Gasteiger partial charge in [0.05, 0.1) is 44.6 Å². The molecule has 184 valence electrons. The van der Waals surface area contributed by atoms with Crippen molar-refractivity contribution in [1.29, 1.82) is 0 Å². The Balaban J connectivity index is 1.42. The average molecular weight is 470 g/mol. The summed E-state index contributed by atoms with van der Waals surface area (Å²) in [4.78, 5) is 18.7. The third kappa shape index (κ3) is 6.84. The first-order chi connectivity index (χ1) is 16.6. The van der Waals surface area contributed by atoms with Crippen LogP contribution in [-0.2, 0) is 25.5 Å². The summed E-state index contributed by atoms with van der Waals surface area (Å²) in [5.41, 5.74) is 3.46. The number of ether oxygens (including phenoxy) is 3. The largest absolute Gasteiger partial charge is 0.389 e. The number of nitrogens with zero attached hydrogens (tertiary/aromatic N) is 2. The molecule has 0 saturated carbocycles. The topological polar surface area (TPSA) is 93.2 Å². The summed E-state index contributed by atoms with van der Waals surface area (Å²) in [5, 5.41) is 13.4. The van der Waals surface area contributed by atoms with Crippen LogP contribution in [0.15, 0.2) is 48.8 Å². The number of hydrogen-bond donors (Lipinski definition) is 2. The summed E-state index contributed by atoms with van der Waals surface area (Å²) < 4.78 is 17.1. The number of pyridine rings is 1. The smallest absolute Gasteiger partial charge is 0.222 e. The van der Waals surface area contributed by atoms with Crippen molar-refractivity contribution in [3.63, 3.8) is 0 Å². The zero-order chi connectivity index (χ0) is 23.8. The van der Waals surface area contributed by atoms with Crippen LogP contribution in [0.3, 0.4) is 0 Å². The summed E-state index contributed by atoms with van der Waals surface area (Å²) in [6.07, 6.45) is 4.81. The molecule has 8 heteroatoms. The van der Waals surface area contributed by atoms with Gasteiger partial charge < -0.3 is 24.6 Å². The Labute approximate surface area is 201 Å². The van der Waals surface area contributed by atoms with Gasteiger partial charge in [-0.1, -0.05) is 18.2 Å². The maximum Gasteiger partial charge on any atom is 0.222 e. The molecule has 1 aromatic carbocycles. The second kappa shape index (κ2) is 12.4. The molecule has 2 N–H and O–H groups in total. The second-order valence-electron chi connectivity index (χ2n) is 9.05. The zero-order valence-corrected chi connectivity index (χ0v) is 19.8. The van der Waals surface area contributed by atoms with Gasteiger partial charge in [-0.2, -0.15) is 0 Å². The van der Waals surface area contributed by atoms with E-state index in [0.29, 0.717) is 39.3 Å². The molecule has 2 aromatic rings. The van der Waals surface area contributed by atoms with Gasteiger partial charge in [-0.15, -0.1) is 0 Å². The number of rotatable bonds is 8. The SMILES string of the molecule is COCCNC(=O)C[C@H]1CC[C@H]2[C@@H](COC[C@@H](O)CN2Cc2cccc(-c3ccncc3)c2)O1. The first kappa shape index (κ1) is 24.8. The number of amides is 1. The fourth-order valence-electron chi connectivity index (χ4n) is 4.83. The van der Waals surface area contributed by atoms with E-state index in [2.05, 4.69) is 39.5 Å². The fraction of sp³-hybridized carbons (Fsp3) is 0.538. The van der Waals surface area contributed by atoms with Gasteiger partial charge in [0.25, 0.3) is 0 Å². The van der Waals surface area contributed by atoms with Crippen molar-refractivity contribution in [3.05, 3.63) is 54.4 Å². The van der Waals surface area contributed by atoms with Crippen LogP contribution in [0.25, 0.3) is 11.1 Å². The molecule has 2 aliphatic rings. The lowest BCUT2D eigenvalue weighted by molar-refractivity contribution is -0.158. The molecule has 2 fully saturated rings. The number of methoxy groups -OCH3 is 1. The molecule has 2 aliphatic heterocycles. The Hall–Kier alpha value is -2.36. The van der Waals surface area contributed by atoms with Crippen LogP contribution in [0.2, 0.25) is 0 Å². The number of β-amino-alcohol motifs (C(OH)–C–C–N with tert-alkyl or cyclic N) is 1. The van der Waals surface area contributed by atoms with Gasteiger partial charge in [0.1, 0.15) is 0 Å². The van der Waals surface area contributed by atoms with E-state index in [1.807, 2.05) is 12.1 Å². The van der Waals surface area contributed by atoms with E-state index in [9.17, 15) is 9.90 Å². The lowest BCUT2D eigenvalue weighted by Gasteiger charge is -2.44. The van der Waals surface area contributed by atoms with E-state index in [-0.39, 0.29) is 30.8 Å². The molecule has 0 spiro atoms. The molecule has 1 amide bonds. The highest BCUT2D eigenvalue weighted by Crippen LogP contribution is 2.29. The van der Waals surface area contributed by atoms with Crippen LogP contribution in [-0.4, -0.2) is 85.3 Å². The van der Waals surface area contributed by atoms with Crippen LogP contribution in [0.5, 0.6) is 0 Å².